The average Bonchev–Trinajstić information content (AvgIpc) is 3.42. The second-order valence-corrected chi connectivity index (χ2v) is 6.69. The Kier molecular flexibility index (Phi) is 4.31. The Morgan fingerprint density at radius 1 is 1.25 bits per heavy atom. The average molecular weight is 382 g/mol. The zero-order valence-electron chi connectivity index (χ0n) is 15.2. The number of aromatic nitrogens is 3. The maximum Gasteiger partial charge on any atom is 0.245 e. The highest BCUT2D eigenvalue weighted by Crippen LogP contribution is 2.34. The van der Waals surface area contributed by atoms with Gasteiger partial charge in [-0.25, -0.2) is 14.4 Å². The van der Waals surface area contributed by atoms with Crippen LogP contribution in [0.3, 0.4) is 0 Å². The summed E-state index contributed by atoms with van der Waals surface area (Å²) in [6.07, 6.45) is 1.21. The highest BCUT2D eigenvalue weighted by atomic mass is 19.1. The zero-order chi connectivity index (χ0) is 19.9. The molecule has 0 atom stereocenters. The Morgan fingerprint density at radius 3 is 2.71 bits per heavy atom. The van der Waals surface area contributed by atoms with Crippen molar-refractivity contribution in [1.82, 2.24) is 15.0 Å². The van der Waals surface area contributed by atoms with Gasteiger partial charge < -0.3 is 21.5 Å². The largest absolute Gasteiger partial charge is 0.476 e. The standard InChI is InChI=1S/C19H19FN6O2/c1-2-28-16-15-14(25-18(21)26-16)6-5-12(23-15)10-3-4-13(11(20)9-10)24-17(27)19(22)7-8-19/h3-6,9H,2,7-8,22H2,1H3,(H,24,27)(H2,21,25,26). The third-order valence-corrected chi connectivity index (χ3v) is 4.56. The number of nitrogens with two attached hydrogens (primary N) is 2. The van der Waals surface area contributed by atoms with E-state index in [0.29, 0.717) is 41.7 Å². The molecular formula is C19H19FN6O2. The van der Waals surface area contributed by atoms with Crippen molar-refractivity contribution in [2.75, 3.05) is 17.7 Å². The molecule has 0 saturated heterocycles. The van der Waals surface area contributed by atoms with E-state index < -0.39 is 11.4 Å². The first kappa shape index (κ1) is 18.1. The maximum atomic E-state index is 14.5. The van der Waals surface area contributed by atoms with E-state index in [4.69, 9.17) is 16.2 Å². The predicted molar refractivity (Wildman–Crippen MR) is 103 cm³/mol. The number of hydrogen-bond donors (Lipinski definition) is 3. The lowest BCUT2D eigenvalue weighted by atomic mass is 10.1. The molecule has 0 spiro atoms. The van der Waals surface area contributed by atoms with Crippen LogP contribution in [0.4, 0.5) is 16.0 Å². The third-order valence-electron chi connectivity index (χ3n) is 4.56. The number of rotatable bonds is 5. The fraction of sp³-hybridized carbons (Fsp3) is 0.263. The third kappa shape index (κ3) is 3.31. The molecule has 3 aromatic rings. The molecule has 1 fully saturated rings. The first-order valence-corrected chi connectivity index (χ1v) is 8.87. The number of carbonyl (C=O) groups is 1. The van der Waals surface area contributed by atoms with Gasteiger partial charge in [-0.2, -0.15) is 4.98 Å². The first-order valence-electron chi connectivity index (χ1n) is 8.87. The van der Waals surface area contributed by atoms with Crippen LogP contribution in [0.1, 0.15) is 19.8 Å². The van der Waals surface area contributed by atoms with Crippen LogP contribution in [0.5, 0.6) is 5.88 Å². The number of amides is 1. The van der Waals surface area contributed by atoms with Gasteiger partial charge in [0, 0.05) is 5.56 Å². The number of pyridine rings is 1. The SMILES string of the molecule is CCOc1nc(N)nc2ccc(-c3ccc(NC(=O)C4(N)CC4)c(F)c3)nc12. The van der Waals surface area contributed by atoms with Crippen LogP contribution < -0.4 is 21.5 Å². The molecule has 1 aliphatic rings. The van der Waals surface area contributed by atoms with Crippen molar-refractivity contribution in [1.29, 1.82) is 0 Å². The molecule has 9 heteroatoms. The summed E-state index contributed by atoms with van der Waals surface area (Å²) < 4.78 is 20.0. The van der Waals surface area contributed by atoms with Crippen LogP contribution in [0, 0.1) is 5.82 Å². The zero-order valence-corrected chi connectivity index (χ0v) is 15.2. The molecule has 2 heterocycles. The van der Waals surface area contributed by atoms with Gasteiger partial charge in [-0.15, -0.1) is 0 Å². The van der Waals surface area contributed by atoms with Crippen LogP contribution in [0.25, 0.3) is 22.3 Å². The molecule has 28 heavy (non-hydrogen) atoms. The minimum atomic E-state index is -0.872. The molecule has 144 valence electrons. The van der Waals surface area contributed by atoms with Gasteiger partial charge in [0.2, 0.25) is 17.7 Å². The molecule has 0 radical (unpaired) electrons. The predicted octanol–water partition coefficient (Wildman–Crippen LogP) is 2.24. The summed E-state index contributed by atoms with van der Waals surface area (Å²) in [6.45, 7) is 2.21. The molecule has 1 amide bonds. The van der Waals surface area contributed by atoms with Gasteiger partial charge in [-0.05, 0) is 44.0 Å². The van der Waals surface area contributed by atoms with E-state index in [1.165, 1.54) is 12.1 Å². The summed E-state index contributed by atoms with van der Waals surface area (Å²) in [5.74, 6) is -0.589. The maximum absolute atomic E-state index is 14.5. The number of nitrogens with one attached hydrogen (secondary N) is 1. The lowest BCUT2D eigenvalue weighted by Gasteiger charge is -2.12. The van der Waals surface area contributed by atoms with E-state index in [2.05, 4.69) is 20.3 Å². The monoisotopic (exact) mass is 382 g/mol. The summed E-state index contributed by atoms with van der Waals surface area (Å²) in [4.78, 5) is 24.7. The molecule has 1 aliphatic carbocycles. The van der Waals surface area contributed by atoms with Crippen LogP contribution in [0.2, 0.25) is 0 Å². The van der Waals surface area contributed by atoms with E-state index in [1.54, 1.807) is 18.2 Å². The molecule has 0 unspecified atom stereocenters. The number of fused-ring (bicyclic) bond motifs is 1. The Bertz CT molecular complexity index is 1080. The van der Waals surface area contributed by atoms with Crippen molar-refractivity contribution < 1.29 is 13.9 Å². The number of anilines is 2. The first-order chi connectivity index (χ1) is 13.4. The van der Waals surface area contributed by atoms with E-state index in [1.807, 2.05) is 6.92 Å². The smallest absolute Gasteiger partial charge is 0.245 e. The second-order valence-electron chi connectivity index (χ2n) is 6.69. The van der Waals surface area contributed by atoms with Gasteiger partial charge in [0.05, 0.1) is 29.0 Å². The lowest BCUT2D eigenvalue weighted by molar-refractivity contribution is -0.118. The molecule has 1 aromatic carbocycles. The van der Waals surface area contributed by atoms with E-state index >= 15 is 0 Å². The van der Waals surface area contributed by atoms with Crippen LogP contribution in [-0.4, -0.2) is 33.0 Å². The lowest BCUT2D eigenvalue weighted by Crippen LogP contribution is -2.38. The Labute approximate surface area is 160 Å². The summed E-state index contributed by atoms with van der Waals surface area (Å²) in [7, 11) is 0. The molecule has 4 rings (SSSR count). The Morgan fingerprint density at radius 2 is 2.04 bits per heavy atom. The molecular weight excluding hydrogens is 363 g/mol. The highest BCUT2D eigenvalue weighted by Gasteiger charge is 2.46. The number of nitrogen functional groups attached to an aromatic ring is 1. The van der Waals surface area contributed by atoms with Gasteiger partial charge in [0.1, 0.15) is 5.82 Å². The van der Waals surface area contributed by atoms with Crippen LogP contribution in [0.15, 0.2) is 30.3 Å². The summed E-state index contributed by atoms with van der Waals surface area (Å²) in [5.41, 5.74) is 12.7. The highest BCUT2D eigenvalue weighted by molar-refractivity contribution is 6.00. The minimum absolute atomic E-state index is 0.0809. The van der Waals surface area contributed by atoms with Gasteiger partial charge in [0.25, 0.3) is 0 Å². The van der Waals surface area contributed by atoms with Crippen molar-refractivity contribution in [2.45, 2.75) is 25.3 Å². The fourth-order valence-corrected chi connectivity index (χ4v) is 2.79. The fourth-order valence-electron chi connectivity index (χ4n) is 2.79. The molecule has 8 nitrogen and oxygen atoms in total. The van der Waals surface area contributed by atoms with E-state index in [9.17, 15) is 9.18 Å². The number of benzene rings is 1. The van der Waals surface area contributed by atoms with Gasteiger partial charge in [-0.1, -0.05) is 6.07 Å². The summed E-state index contributed by atoms with van der Waals surface area (Å²) in [5, 5.41) is 2.54. The molecule has 0 bridgehead atoms. The van der Waals surface area contributed by atoms with E-state index in [0.717, 1.165) is 0 Å². The number of hydrogen-bond acceptors (Lipinski definition) is 7. The van der Waals surface area contributed by atoms with E-state index in [-0.39, 0.29) is 23.4 Å². The Hall–Kier alpha value is -3.33. The number of halogens is 1. The van der Waals surface area contributed by atoms with Gasteiger partial charge in [0.15, 0.2) is 5.52 Å². The van der Waals surface area contributed by atoms with Crippen molar-refractivity contribution >= 4 is 28.6 Å². The summed E-state index contributed by atoms with van der Waals surface area (Å²) in [6, 6.07) is 7.89. The van der Waals surface area contributed by atoms with Crippen molar-refractivity contribution in [3.8, 4) is 17.1 Å². The van der Waals surface area contributed by atoms with Gasteiger partial charge in [-0.3, -0.25) is 4.79 Å². The quantitative estimate of drug-likeness (QED) is 0.617. The van der Waals surface area contributed by atoms with Crippen LogP contribution >= 0.6 is 0 Å². The van der Waals surface area contributed by atoms with Crippen molar-refractivity contribution in [3.63, 3.8) is 0 Å². The van der Waals surface area contributed by atoms with Gasteiger partial charge >= 0.3 is 0 Å². The molecule has 1 saturated carbocycles. The normalized spacial score (nSPS) is 14.7. The molecule has 2 aromatic heterocycles. The molecule has 0 aliphatic heterocycles. The Balaban J connectivity index is 1.67. The topological polar surface area (TPSA) is 129 Å². The van der Waals surface area contributed by atoms with Crippen molar-refractivity contribution in [3.05, 3.63) is 36.1 Å². The molecule has 5 N–H and O–H groups in total. The van der Waals surface area contributed by atoms with Crippen LogP contribution in [-0.2, 0) is 4.79 Å². The van der Waals surface area contributed by atoms with Crippen molar-refractivity contribution in [2.24, 2.45) is 5.73 Å². The number of ether oxygens (including phenoxy) is 1. The number of nitrogens with zero attached hydrogens (tertiary/aromatic N) is 3. The second kappa shape index (κ2) is 6.68. The summed E-state index contributed by atoms with van der Waals surface area (Å²) >= 11 is 0. The number of carbonyl (C=O) groups excluding carboxylic acids is 1. The minimum Gasteiger partial charge on any atom is -0.476 e.